The van der Waals surface area contributed by atoms with Gasteiger partial charge in [-0.25, -0.2) is 5.43 Å². The third-order valence-corrected chi connectivity index (χ3v) is 3.94. The van der Waals surface area contributed by atoms with Crippen molar-refractivity contribution in [2.24, 2.45) is 5.10 Å². The first-order valence-electron chi connectivity index (χ1n) is 7.63. The van der Waals surface area contributed by atoms with Gasteiger partial charge in [-0.15, -0.1) is 0 Å². The quantitative estimate of drug-likeness (QED) is 0.441. The van der Waals surface area contributed by atoms with Crippen LogP contribution in [0.3, 0.4) is 0 Å². The smallest absolute Gasteiger partial charge is 0.249 e. The Bertz CT molecular complexity index is 744. The molecule has 0 fully saturated rings. The first-order chi connectivity index (χ1) is 12.1. The summed E-state index contributed by atoms with van der Waals surface area (Å²) in [4.78, 5) is 23.4. The average molecular weight is 378 g/mol. The lowest BCUT2D eigenvalue weighted by molar-refractivity contribution is -0.129. The van der Waals surface area contributed by atoms with E-state index < -0.39 is 5.91 Å². The van der Waals surface area contributed by atoms with Crippen LogP contribution in [-0.2, 0) is 16.0 Å². The Balaban J connectivity index is 1.72. The van der Waals surface area contributed by atoms with Gasteiger partial charge in [-0.3, -0.25) is 9.59 Å². The number of rotatable bonds is 7. The van der Waals surface area contributed by atoms with Gasteiger partial charge in [0.1, 0.15) is 6.42 Å². The minimum atomic E-state index is -0.517. The Labute approximate surface area is 156 Å². The van der Waals surface area contributed by atoms with Crippen LogP contribution in [0.4, 0.5) is 0 Å². The van der Waals surface area contributed by atoms with Crippen molar-refractivity contribution >= 4 is 41.2 Å². The second-order valence-corrected chi connectivity index (χ2v) is 6.01. The summed E-state index contributed by atoms with van der Waals surface area (Å²) < 4.78 is 0. The van der Waals surface area contributed by atoms with Crippen LogP contribution in [0.5, 0.6) is 0 Å². The summed E-state index contributed by atoms with van der Waals surface area (Å²) in [6.45, 7) is 0.467. The summed E-state index contributed by atoms with van der Waals surface area (Å²) in [5, 5.41) is 7.31. The van der Waals surface area contributed by atoms with E-state index in [0.717, 1.165) is 5.56 Å². The van der Waals surface area contributed by atoms with Crippen LogP contribution in [0.15, 0.2) is 53.6 Å². The van der Waals surface area contributed by atoms with E-state index in [1.54, 1.807) is 18.2 Å². The van der Waals surface area contributed by atoms with Gasteiger partial charge in [-0.05, 0) is 24.1 Å². The van der Waals surface area contributed by atoms with Gasteiger partial charge in [0.05, 0.1) is 16.3 Å². The summed E-state index contributed by atoms with van der Waals surface area (Å²) in [7, 11) is 0. The van der Waals surface area contributed by atoms with Gasteiger partial charge < -0.3 is 5.32 Å². The molecule has 0 bridgehead atoms. The monoisotopic (exact) mass is 377 g/mol. The van der Waals surface area contributed by atoms with Gasteiger partial charge in [0.2, 0.25) is 11.8 Å². The Kier molecular flexibility index (Phi) is 7.44. The molecule has 0 spiro atoms. The predicted octanol–water partition coefficient (Wildman–Crippen LogP) is 3.19. The summed E-state index contributed by atoms with van der Waals surface area (Å²) in [5.41, 5.74) is 3.89. The van der Waals surface area contributed by atoms with Crippen LogP contribution in [0.2, 0.25) is 10.0 Å². The van der Waals surface area contributed by atoms with Gasteiger partial charge in [0.15, 0.2) is 0 Å². The van der Waals surface area contributed by atoms with Gasteiger partial charge in [-0.2, -0.15) is 5.10 Å². The second-order valence-electron chi connectivity index (χ2n) is 5.19. The number of hydrazone groups is 1. The Morgan fingerprint density at radius 3 is 2.32 bits per heavy atom. The second kappa shape index (κ2) is 9.81. The molecule has 0 saturated heterocycles. The topological polar surface area (TPSA) is 70.6 Å². The molecule has 2 amide bonds. The number of hydrogen-bond acceptors (Lipinski definition) is 3. The van der Waals surface area contributed by atoms with Crippen LogP contribution < -0.4 is 10.7 Å². The van der Waals surface area contributed by atoms with E-state index in [1.807, 2.05) is 30.3 Å². The van der Waals surface area contributed by atoms with Gasteiger partial charge >= 0.3 is 0 Å². The zero-order chi connectivity index (χ0) is 18.1. The van der Waals surface area contributed by atoms with Crippen molar-refractivity contribution in [3.05, 3.63) is 69.7 Å². The molecule has 2 N–H and O–H groups in total. The number of nitrogens with one attached hydrogen (secondary N) is 2. The number of amides is 2. The Morgan fingerprint density at radius 2 is 1.64 bits per heavy atom. The van der Waals surface area contributed by atoms with E-state index in [9.17, 15) is 9.59 Å². The molecule has 2 aromatic carbocycles. The predicted molar refractivity (Wildman–Crippen MR) is 100.0 cm³/mol. The average Bonchev–Trinajstić information content (AvgIpc) is 2.58. The number of carbonyl (C=O) groups is 2. The zero-order valence-corrected chi connectivity index (χ0v) is 14.8. The van der Waals surface area contributed by atoms with Crippen molar-refractivity contribution in [3.63, 3.8) is 0 Å². The molecule has 0 aliphatic heterocycles. The van der Waals surface area contributed by atoms with E-state index in [0.29, 0.717) is 28.6 Å². The molecule has 0 aromatic heterocycles. The third kappa shape index (κ3) is 6.57. The molecule has 0 radical (unpaired) electrons. The number of halogens is 2. The Hall–Kier alpha value is -2.37. The number of benzene rings is 2. The van der Waals surface area contributed by atoms with E-state index in [-0.39, 0.29) is 12.3 Å². The lowest BCUT2D eigenvalue weighted by Crippen LogP contribution is -2.31. The highest BCUT2D eigenvalue weighted by atomic mass is 35.5. The molecule has 0 saturated carbocycles. The van der Waals surface area contributed by atoms with E-state index >= 15 is 0 Å². The number of carbonyl (C=O) groups excluding carboxylic acids is 2. The lowest BCUT2D eigenvalue weighted by atomic mass is 10.1. The SMILES string of the molecule is O=C(CC(=O)N/N=C\c1c(Cl)cccc1Cl)NCCc1ccccc1. The largest absolute Gasteiger partial charge is 0.355 e. The molecule has 0 aliphatic carbocycles. The Morgan fingerprint density at radius 1 is 0.960 bits per heavy atom. The van der Waals surface area contributed by atoms with Crippen LogP contribution in [0, 0.1) is 0 Å². The minimum Gasteiger partial charge on any atom is -0.355 e. The summed E-state index contributed by atoms with van der Waals surface area (Å²) in [6, 6.07) is 14.8. The van der Waals surface area contributed by atoms with Crippen molar-refractivity contribution in [2.45, 2.75) is 12.8 Å². The molecule has 5 nitrogen and oxygen atoms in total. The van der Waals surface area contributed by atoms with Crippen molar-refractivity contribution in [1.29, 1.82) is 0 Å². The maximum atomic E-state index is 11.7. The number of hydrogen-bond donors (Lipinski definition) is 2. The first kappa shape index (κ1) is 19.0. The van der Waals surface area contributed by atoms with Crippen molar-refractivity contribution < 1.29 is 9.59 Å². The molecule has 0 atom stereocenters. The van der Waals surface area contributed by atoms with E-state index in [1.165, 1.54) is 6.21 Å². The van der Waals surface area contributed by atoms with Crippen molar-refractivity contribution in [3.8, 4) is 0 Å². The summed E-state index contributed by atoms with van der Waals surface area (Å²) >= 11 is 12.0. The maximum absolute atomic E-state index is 11.7. The molecule has 25 heavy (non-hydrogen) atoms. The third-order valence-electron chi connectivity index (χ3n) is 3.28. The lowest BCUT2D eigenvalue weighted by Gasteiger charge is -2.05. The van der Waals surface area contributed by atoms with Crippen LogP contribution in [-0.4, -0.2) is 24.6 Å². The molecule has 0 heterocycles. The maximum Gasteiger partial charge on any atom is 0.249 e. The fourth-order valence-corrected chi connectivity index (χ4v) is 2.54. The van der Waals surface area contributed by atoms with Crippen LogP contribution in [0.1, 0.15) is 17.5 Å². The van der Waals surface area contributed by atoms with Crippen molar-refractivity contribution in [1.82, 2.24) is 10.7 Å². The highest BCUT2D eigenvalue weighted by Crippen LogP contribution is 2.21. The fourth-order valence-electron chi connectivity index (χ4n) is 2.04. The van der Waals surface area contributed by atoms with Crippen LogP contribution in [0.25, 0.3) is 0 Å². The van der Waals surface area contributed by atoms with Gasteiger partial charge in [0, 0.05) is 12.1 Å². The highest BCUT2D eigenvalue weighted by Gasteiger charge is 2.08. The molecule has 0 aliphatic rings. The van der Waals surface area contributed by atoms with Crippen molar-refractivity contribution in [2.75, 3.05) is 6.54 Å². The molecule has 7 heteroatoms. The molecule has 130 valence electrons. The molecule has 2 rings (SSSR count). The minimum absolute atomic E-state index is 0.303. The first-order valence-corrected chi connectivity index (χ1v) is 8.38. The zero-order valence-electron chi connectivity index (χ0n) is 13.3. The number of nitrogens with zero attached hydrogens (tertiary/aromatic N) is 1. The van der Waals surface area contributed by atoms with Gasteiger partial charge in [0.25, 0.3) is 0 Å². The standard InChI is InChI=1S/C18H17Cl2N3O2/c19-15-7-4-8-16(20)14(15)12-22-23-18(25)11-17(24)21-10-9-13-5-2-1-3-6-13/h1-8,12H,9-11H2,(H,21,24)(H,23,25)/b22-12-. The van der Waals surface area contributed by atoms with E-state index in [2.05, 4.69) is 15.8 Å². The molecule has 2 aromatic rings. The van der Waals surface area contributed by atoms with Crippen LogP contribution >= 0.6 is 23.2 Å². The normalized spacial score (nSPS) is 10.6. The summed E-state index contributed by atoms with van der Waals surface area (Å²) in [5.74, 6) is -0.879. The van der Waals surface area contributed by atoms with Gasteiger partial charge in [-0.1, -0.05) is 59.6 Å². The highest BCUT2D eigenvalue weighted by molar-refractivity contribution is 6.38. The fraction of sp³-hybridized carbons (Fsp3) is 0.167. The molecule has 0 unspecified atom stereocenters. The van der Waals surface area contributed by atoms with E-state index in [4.69, 9.17) is 23.2 Å². The molecular weight excluding hydrogens is 361 g/mol. The summed E-state index contributed by atoms with van der Waals surface area (Å²) in [6.07, 6.45) is 1.75. The molecular formula is C18H17Cl2N3O2.